The van der Waals surface area contributed by atoms with E-state index in [2.05, 4.69) is 34.4 Å². The van der Waals surface area contributed by atoms with Crippen molar-refractivity contribution in [3.63, 3.8) is 0 Å². The number of aryl methyl sites for hydroxylation is 1. The summed E-state index contributed by atoms with van der Waals surface area (Å²) in [7, 11) is 0. The van der Waals surface area contributed by atoms with E-state index in [4.69, 9.17) is 0 Å². The third kappa shape index (κ3) is 5.05. The summed E-state index contributed by atoms with van der Waals surface area (Å²) in [5.41, 5.74) is 3.71. The van der Waals surface area contributed by atoms with Crippen LogP contribution in [0.15, 0.2) is 73.1 Å². The van der Waals surface area contributed by atoms with Crippen molar-refractivity contribution < 1.29 is 9.18 Å². The van der Waals surface area contributed by atoms with Crippen molar-refractivity contribution in [2.75, 3.05) is 18.4 Å². The van der Waals surface area contributed by atoms with Crippen molar-refractivity contribution in [3.05, 3.63) is 95.7 Å². The molecule has 2 aromatic carbocycles. The Bertz CT molecular complexity index is 1280. The minimum atomic E-state index is -0.323. The van der Waals surface area contributed by atoms with Crippen LogP contribution in [0.4, 0.5) is 10.1 Å². The predicted molar refractivity (Wildman–Crippen MR) is 136 cm³/mol. The molecule has 4 aromatic rings. The van der Waals surface area contributed by atoms with Gasteiger partial charge >= 0.3 is 0 Å². The number of nitrogens with zero attached hydrogens (tertiary/aromatic N) is 4. The van der Waals surface area contributed by atoms with Gasteiger partial charge in [-0.1, -0.05) is 19.1 Å². The molecule has 1 saturated heterocycles. The van der Waals surface area contributed by atoms with Crippen molar-refractivity contribution in [2.45, 2.75) is 33.2 Å². The first-order chi connectivity index (χ1) is 17.0. The maximum absolute atomic E-state index is 13.5. The van der Waals surface area contributed by atoms with Crippen molar-refractivity contribution in [1.29, 1.82) is 0 Å². The number of nitrogens with one attached hydrogen (secondary N) is 1. The lowest BCUT2D eigenvalue weighted by atomic mass is 9.99. The van der Waals surface area contributed by atoms with E-state index in [0.717, 1.165) is 31.2 Å². The summed E-state index contributed by atoms with van der Waals surface area (Å²) in [5.74, 6) is 0.859. The van der Waals surface area contributed by atoms with E-state index in [1.165, 1.54) is 30.5 Å². The molecule has 1 aliphatic rings. The first kappa shape index (κ1) is 23.1. The third-order valence-electron chi connectivity index (χ3n) is 6.68. The van der Waals surface area contributed by atoms with Crippen LogP contribution in [0.2, 0.25) is 0 Å². The summed E-state index contributed by atoms with van der Waals surface area (Å²) in [5, 5.41) is 7.65. The van der Waals surface area contributed by atoms with Gasteiger partial charge in [0.25, 0.3) is 5.91 Å². The molecule has 2 aromatic heterocycles. The van der Waals surface area contributed by atoms with Gasteiger partial charge in [0.15, 0.2) is 5.82 Å². The zero-order valence-corrected chi connectivity index (χ0v) is 20.1. The quantitative estimate of drug-likeness (QED) is 0.399. The Hall–Kier alpha value is -3.71. The molecule has 0 aliphatic carbocycles. The SMILES string of the molecule is Cc1nn(-c2ccc(F)cc2)c(-n2cccc2)c1C(=O)Nc1ccc(CN2CCC(C)CC2)cc1. The largest absolute Gasteiger partial charge is 0.322 e. The summed E-state index contributed by atoms with van der Waals surface area (Å²) in [6.07, 6.45) is 6.23. The lowest BCUT2D eigenvalue weighted by Crippen LogP contribution is -2.32. The van der Waals surface area contributed by atoms with Gasteiger partial charge in [0.2, 0.25) is 0 Å². The molecule has 35 heavy (non-hydrogen) atoms. The van der Waals surface area contributed by atoms with Crippen LogP contribution in [0.25, 0.3) is 11.5 Å². The van der Waals surface area contributed by atoms with Gasteiger partial charge in [0.05, 0.1) is 11.4 Å². The Morgan fingerprint density at radius 3 is 2.34 bits per heavy atom. The topological polar surface area (TPSA) is 55.1 Å². The van der Waals surface area contributed by atoms with Crippen molar-refractivity contribution in [1.82, 2.24) is 19.2 Å². The molecule has 5 rings (SSSR count). The van der Waals surface area contributed by atoms with Crippen LogP contribution in [-0.4, -0.2) is 38.2 Å². The molecule has 0 spiro atoms. The smallest absolute Gasteiger partial charge is 0.261 e. The summed E-state index contributed by atoms with van der Waals surface area (Å²) in [6.45, 7) is 7.34. The van der Waals surface area contributed by atoms with Crippen LogP contribution in [-0.2, 0) is 6.54 Å². The molecule has 3 heterocycles. The van der Waals surface area contributed by atoms with Crippen LogP contribution in [0.5, 0.6) is 0 Å². The van der Waals surface area contributed by atoms with Crippen molar-refractivity contribution in [3.8, 4) is 11.5 Å². The monoisotopic (exact) mass is 471 g/mol. The maximum Gasteiger partial charge on any atom is 0.261 e. The van der Waals surface area contributed by atoms with Gasteiger partial charge in [0, 0.05) is 24.6 Å². The predicted octanol–water partition coefficient (Wildman–Crippen LogP) is 5.59. The Labute approximate surface area is 205 Å². The van der Waals surface area contributed by atoms with Crippen molar-refractivity contribution >= 4 is 11.6 Å². The number of benzene rings is 2. The second kappa shape index (κ2) is 9.88. The number of carbonyl (C=O) groups excluding carboxylic acids is 1. The normalized spacial score (nSPS) is 14.8. The third-order valence-corrected chi connectivity index (χ3v) is 6.68. The molecule has 7 heteroatoms. The molecule has 0 bridgehead atoms. The highest BCUT2D eigenvalue weighted by atomic mass is 19.1. The molecule has 6 nitrogen and oxygen atoms in total. The molecule has 1 N–H and O–H groups in total. The minimum absolute atomic E-state index is 0.239. The van der Waals surface area contributed by atoms with E-state index >= 15 is 0 Å². The number of piperidine rings is 1. The summed E-state index contributed by atoms with van der Waals surface area (Å²) >= 11 is 0. The summed E-state index contributed by atoms with van der Waals surface area (Å²) < 4.78 is 17.0. The standard InChI is InChI=1S/C28H30FN5O/c1-20-13-17-32(18-14-20)19-22-5-9-24(10-6-22)30-27(35)26-21(2)31-34(25-11-7-23(29)8-12-25)28(26)33-15-3-4-16-33/h3-12,15-16,20H,13-14,17-19H2,1-2H3,(H,30,35). The van der Waals surface area contributed by atoms with E-state index < -0.39 is 0 Å². The van der Waals surface area contributed by atoms with Gasteiger partial charge in [-0.2, -0.15) is 5.10 Å². The van der Waals surface area contributed by atoms with Crippen LogP contribution in [0.3, 0.4) is 0 Å². The van der Waals surface area contributed by atoms with Gasteiger partial charge in [-0.05, 0) is 92.9 Å². The van der Waals surface area contributed by atoms with Gasteiger partial charge in [-0.15, -0.1) is 0 Å². The Morgan fingerprint density at radius 1 is 1.03 bits per heavy atom. The van der Waals surface area contributed by atoms with Crippen molar-refractivity contribution in [2.24, 2.45) is 5.92 Å². The van der Waals surface area contributed by atoms with Crippen LogP contribution >= 0.6 is 0 Å². The number of hydrogen-bond donors (Lipinski definition) is 1. The fourth-order valence-electron chi connectivity index (χ4n) is 4.62. The number of amides is 1. The average Bonchev–Trinajstić information content (AvgIpc) is 3.50. The molecule has 1 amide bonds. The maximum atomic E-state index is 13.5. The summed E-state index contributed by atoms with van der Waals surface area (Å²) in [4.78, 5) is 15.9. The molecule has 0 atom stereocenters. The van der Waals surface area contributed by atoms with Crippen LogP contribution in [0, 0.1) is 18.7 Å². The number of hydrogen-bond acceptors (Lipinski definition) is 3. The molecule has 1 fully saturated rings. The average molecular weight is 472 g/mol. The number of likely N-dealkylation sites (tertiary alicyclic amines) is 1. The van der Waals surface area contributed by atoms with Gasteiger partial charge in [0.1, 0.15) is 11.4 Å². The zero-order chi connectivity index (χ0) is 24.4. The molecular formula is C28H30FN5O. The zero-order valence-electron chi connectivity index (χ0n) is 20.1. The highest BCUT2D eigenvalue weighted by Gasteiger charge is 2.24. The second-order valence-corrected chi connectivity index (χ2v) is 9.37. The number of rotatable bonds is 6. The molecule has 180 valence electrons. The Morgan fingerprint density at radius 2 is 1.69 bits per heavy atom. The van der Waals surface area contributed by atoms with Crippen LogP contribution < -0.4 is 5.32 Å². The molecule has 0 radical (unpaired) electrons. The van der Waals surface area contributed by atoms with Crippen LogP contribution in [0.1, 0.15) is 41.4 Å². The van der Waals surface area contributed by atoms with E-state index in [1.54, 1.807) is 16.8 Å². The number of aromatic nitrogens is 3. The number of anilines is 1. The molecule has 1 aliphatic heterocycles. The number of halogens is 1. The lowest BCUT2D eigenvalue weighted by Gasteiger charge is -2.30. The first-order valence-corrected chi connectivity index (χ1v) is 12.1. The fraction of sp³-hybridized carbons (Fsp3) is 0.286. The molecule has 0 unspecified atom stereocenters. The molecule has 0 saturated carbocycles. The summed E-state index contributed by atoms with van der Waals surface area (Å²) in [6, 6.07) is 17.9. The Kier molecular flexibility index (Phi) is 6.51. The van der Waals surface area contributed by atoms with E-state index in [-0.39, 0.29) is 11.7 Å². The van der Waals surface area contributed by atoms with Gasteiger partial charge < -0.3 is 9.88 Å². The van der Waals surface area contributed by atoms with Gasteiger partial charge in [-0.3, -0.25) is 9.69 Å². The highest BCUT2D eigenvalue weighted by Crippen LogP contribution is 2.25. The lowest BCUT2D eigenvalue weighted by molar-refractivity contribution is 0.102. The van der Waals surface area contributed by atoms with Gasteiger partial charge in [-0.25, -0.2) is 9.07 Å². The second-order valence-electron chi connectivity index (χ2n) is 9.37. The fourth-order valence-corrected chi connectivity index (χ4v) is 4.62. The number of carbonyl (C=O) groups is 1. The first-order valence-electron chi connectivity index (χ1n) is 12.1. The van der Waals surface area contributed by atoms with E-state index in [9.17, 15) is 9.18 Å². The van der Waals surface area contributed by atoms with E-state index in [0.29, 0.717) is 22.8 Å². The van der Waals surface area contributed by atoms with E-state index in [1.807, 2.05) is 48.1 Å². The highest BCUT2D eigenvalue weighted by molar-refractivity contribution is 6.07. The molecular weight excluding hydrogens is 441 g/mol. The minimum Gasteiger partial charge on any atom is -0.322 e. The Balaban J connectivity index is 1.38.